The predicted octanol–water partition coefficient (Wildman–Crippen LogP) is 3.89. The first-order valence-corrected chi connectivity index (χ1v) is 10.6. The summed E-state index contributed by atoms with van der Waals surface area (Å²) in [7, 11) is 1.62. The maximum Gasteiger partial charge on any atom is 0.267 e. The van der Waals surface area contributed by atoms with Crippen LogP contribution in [0, 0.1) is 0 Å². The van der Waals surface area contributed by atoms with E-state index in [9.17, 15) is 4.79 Å². The van der Waals surface area contributed by atoms with Crippen molar-refractivity contribution in [2.24, 2.45) is 5.16 Å². The summed E-state index contributed by atoms with van der Waals surface area (Å²) in [6, 6.07) is 16.1. The van der Waals surface area contributed by atoms with E-state index in [0.717, 1.165) is 35.7 Å². The number of piperidine rings is 1. The van der Waals surface area contributed by atoms with Gasteiger partial charge in [-0.25, -0.2) is 0 Å². The standard InChI is InChI=1S/C24H29N3O3/c1-24(16-21(26-30-24)20-8-4-5-9-22(20)29-2)23(28)25-17-18-10-12-19(13-11-18)27-14-6-3-7-15-27/h4-5,8-13H,3,6-7,14-17H2,1-2H3,(H,25,28)/t24-/m0/s1. The molecule has 0 aliphatic carbocycles. The summed E-state index contributed by atoms with van der Waals surface area (Å²) in [5, 5.41) is 7.18. The normalized spacial score (nSPS) is 21.0. The van der Waals surface area contributed by atoms with E-state index < -0.39 is 5.60 Å². The predicted molar refractivity (Wildman–Crippen MR) is 118 cm³/mol. The Hall–Kier alpha value is -3.02. The van der Waals surface area contributed by atoms with E-state index in [1.54, 1.807) is 14.0 Å². The van der Waals surface area contributed by atoms with Crippen LogP contribution in [0.15, 0.2) is 53.7 Å². The number of anilines is 1. The third kappa shape index (κ3) is 4.27. The van der Waals surface area contributed by atoms with Gasteiger partial charge in [0.2, 0.25) is 5.60 Å². The number of amides is 1. The molecule has 6 heteroatoms. The number of rotatable bonds is 6. The van der Waals surface area contributed by atoms with Crippen LogP contribution in [0.5, 0.6) is 5.75 Å². The highest BCUT2D eigenvalue weighted by Crippen LogP contribution is 2.30. The molecule has 1 atom stereocenters. The van der Waals surface area contributed by atoms with Crippen LogP contribution < -0.4 is 15.0 Å². The zero-order valence-electron chi connectivity index (χ0n) is 17.7. The molecule has 0 aromatic heterocycles. The van der Waals surface area contributed by atoms with Gasteiger partial charge in [0, 0.05) is 37.3 Å². The molecule has 0 unspecified atom stereocenters. The second kappa shape index (κ2) is 8.78. The molecule has 6 nitrogen and oxygen atoms in total. The molecule has 158 valence electrons. The van der Waals surface area contributed by atoms with Gasteiger partial charge in [0.05, 0.1) is 12.8 Å². The number of hydrogen-bond acceptors (Lipinski definition) is 5. The number of carbonyl (C=O) groups is 1. The molecule has 1 fully saturated rings. The maximum atomic E-state index is 12.8. The number of benzene rings is 2. The van der Waals surface area contributed by atoms with E-state index >= 15 is 0 Å². The van der Waals surface area contributed by atoms with Gasteiger partial charge in [-0.15, -0.1) is 0 Å². The number of nitrogens with zero attached hydrogens (tertiary/aromatic N) is 2. The van der Waals surface area contributed by atoms with Crippen LogP contribution in [0.4, 0.5) is 5.69 Å². The minimum Gasteiger partial charge on any atom is -0.496 e. The first-order valence-electron chi connectivity index (χ1n) is 10.6. The fraction of sp³-hybridized carbons (Fsp3) is 0.417. The van der Waals surface area contributed by atoms with E-state index in [2.05, 4.69) is 39.6 Å². The van der Waals surface area contributed by atoms with Crippen LogP contribution in [0.1, 0.15) is 43.7 Å². The minimum atomic E-state index is -1.02. The minimum absolute atomic E-state index is 0.170. The van der Waals surface area contributed by atoms with E-state index in [-0.39, 0.29) is 5.91 Å². The molecular formula is C24H29N3O3. The Morgan fingerprint density at radius 1 is 1.13 bits per heavy atom. The van der Waals surface area contributed by atoms with Gasteiger partial charge in [-0.05, 0) is 56.0 Å². The zero-order valence-corrected chi connectivity index (χ0v) is 17.7. The number of oxime groups is 1. The topological polar surface area (TPSA) is 63.2 Å². The molecule has 2 aromatic carbocycles. The summed E-state index contributed by atoms with van der Waals surface area (Å²) < 4.78 is 5.40. The Balaban J connectivity index is 1.34. The lowest BCUT2D eigenvalue weighted by molar-refractivity contribution is -0.141. The van der Waals surface area contributed by atoms with Crippen LogP contribution in [0.3, 0.4) is 0 Å². The largest absolute Gasteiger partial charge is 0.496 e. The highest BCUT2D eigenvalue weighted by atomic mass is 16.7. The van der Waals surface area contributed by atoms with Crippen molar-refractivity contribution in [3.05, 3.63) is 59.7 Å². The average molecular weight is 408 g/mol. The lowest BCUT2D eigenvalue weighted by Crippen LogP contribution is -2.44. The van der Waals surface area contributed by atoms with Gasteiger partial charge < -0.3 is 19.8 Å². The van der Waals surface area contributed by atoms with Gasteiger partial charge in [0.15, 0.2) is 0 Å². The van der Waals surface area contributed by atoms with Gasteiger partial charge in [-0.1, -0.05) is 29.4 Å². The summed E-state index contributed by atoms with van der Waals surface area (Å²) in [6.07, 6.45) is 4.24. The third-order valence-corrected chi connectivity index (χ3v) is 5.87. The number of para-hydroxylation sites is 1. The molecule has 2 heterocycles. The van der Waals surface area contributed by atoms with Crippen molar-refractivity contribution in [1.29, 1.82) is 0 Å². The molecule has 2 aliphatic heterocycles. The third-order valence-electron chi connectivity index (χ3n) is 5.87. The van der Waals surface area contributed by atoms with Crippen molar-refractivity contribution in [2.45, 2.75) is 44.8 Å². The van der Waals surface area contributed by atoms with E-state index in [0.29, 0.717) is 13.0 Å². The van der Waals surface area contributed by atoms with Crippen LogP contribution in [-0.2, 0) is 16.2 Å². The first kappa shape index (κ1) is 20.3. The molecule has 2 aliphatic rings. The highest BCUT2D eigenvalue weighted by Gasteiger charge is 2.42. The van der Waals surface area contributed by atoms with E-state index in [1.807, 2.05) is 24.3 Å². The van der Waals surface area contributed by atoms with Crippen molar-refractivity contribution in [3.63, 3.8) is 0 Å². The van der Waals surface area contributed by atoms with Gasteiger partial charge >= 0.3 is 0 Å². The van der Waals surface area contributed by atoms with E-state index in [1.165, 1.54) is 24.9 Å². The molecule has 1 N–H and O–H groups in total. The summed E-state index contributed by atoms with van der Waals surface area (Å²) in [5.74, 6) is 0.551. The van der Waals surface area contributed by atoms with E-state index in [4.69, 9.17) is 9.57 Å². The van der Waals surface area contributed by atoms with Crippen molar-refractivity contribution < 1.29 is 14.4 Å². The average Bonchev–Trinajstić information content (AvgIpc) is 3.21. The number of carbonyl (C=O) groups excluding carboxylic acids is 1. The van der Waals surface area contributed by atoms with Crippen LogP contribution in [0.25, 0.3) is 0 Å². The number of hydrogen-bond donors (Lipinski definition) is 1. The summed E-state index contributed by atoms with van der Waals surface area (Å²) in [6.45, 7) is 4.48. The van der Waals surface area contributed by atoms with Gasteiger partial charge in [-0.3, -0.25) is 4.79 Å². The SMILES string of the molecule is COc1ccccc1C1=NO[C@](C)(C(=O)NCc2ccc(N3CCCCC3)cc2)C1. The molecule has 0 bridgehead atoms. The van der Waals surface area contributed by atoms with Gasteiger partial charge in [0.25, 0.3) is 5.91 Å². The monoisotopic (exact) mass is 407 g/mol. The number of methoxy groups -OCH3 is 1. The summed E-state index contributed by atoms with van der Waals surface area (Å²) in [4.78, 5) is 20.8. The Morgan fingerprint density at radius 3 is 2.60 bits per heavy atom. The van der Waals surface area contributed by atoms with Crippen molar-refractivity contribution in [3.8, 4) is 5.75 Å². The molecule has 2 aromatic rings. The molecule has 0 spiro atoms. The smallest absolute Gasteiger partial charge is 0.267 e. The molecule has 1 amide bonds. The summed E-state index contributed by atoms with van der Waals surface area (Å²) >= 11 is 0. The Kier molecular flexibility index (Phi) is 5.93. The van der Waals surface area contributed by atoms with Gasteiger partial charge in [-0.2, -0.15) is 0 Å². The maximum absolute atomic E-state index is 12.8. The quantitative estimate of drug-likeness (QED) is 0.789. The molecular weight excluding hydrogens is 378 g/mol. The first-order chi connectivity index (χ1) is 14.6. The van der Waals surface area contributed by atoms with Crippen LogP contribution in [-0.4, -0.2) is 37.4 Å². The van der Waals surface area contributed by atoms with Gasteiger partial charge in [0.1, 0.15) is 5.75 Å². The molecule has 4 rings (SSSR count). The van der Waals surface area contributed by atoms with Crippen molar-refractivity contribution in [1.82, 2.24) is 5.32 Å². The van der Waals surface area contributed by atoms with Crippen molar-refractivity contribution >= 4 is 17.3 Å². The van der Waals surface area contributed by atoms with Crippen LogP contribution in [0.2, 0.25) is 0 Å². The Morgan fingerprint density at radius 2 is 1.87 bits per heavy atom. The second-order valence-electron chi connectivity index (χ2n) is 8.13. The highest BCUT2D eigenvalue weighted by molar-refractivity contribution is 6.07. The Labute approximate surface area is 177 Å². The molecule has 0 radical (unpaired) electrons. The van der Waals surface area contributed by atoms with Crippen LogP contribution >= 0.6 is 0 Å². The second-order valence-corrected chi connectivity index (χ2v) is 8.13. The lowest BCUT2D eigenvalue weighted by Gasteiger charge is -2.29. The summed E-state index contributed by atoms with van der Waals surface area (Å²) in [5.41, 5.74) is 2.87. The number of ether oxygens (including phenoxy) is 1. The molecule has 30 heavy (non-hydrogen) atoms. The molecule has 1 saturated heterocycles. The molecule has 0 saturated carbocycles. The zero-order chi connectivity index (χ0) is 21.0. The fourth-order valence-corrected chi connectivity index (χ4v) is 4.04. The number of nitrogens with one attached hydrogen (secondary N) is 1. The lowest BCUT2D eigenvalue weighted by atomic mass is 9.94. The Bertz CT molecular complexity index is 920. The van der Waals surface area contributed by atoms with Crippen molar-refractivity contribution in [2.75, 3.05) is 25.1 Å². The fourth-order valence-electron chi connectivity index (χ4n) is 4.04.